The molecule has 0 saturated carbocycles. The fraction of sp³-hybridized carbons (Fsp3) is 0.125. The van der Waals surface area contributed by atoms with Gasteiger partial charge >= 0.3 is 0 Å². The molecule has 100 valence electrons. The van der Waals surface area contributed by atoms with Gasteiger partial charge in [-0.05, 0) is 55.3 Å². The van der Waals surface area contributed by atoms with Crippen molar-refractivity contribution in [2.45, 2.75) is 13.8 Å². The predicted molar refractivity (Wildman–Crippen MR) is 77.9 cm³/mol. The molecule has 0 bridgehead atoms. The Bertz CT molecular complexity index is 790. The number of fused-ring (bicyclic) bond motifs is 1. The fourth-order valence-electron chi connectivity index (χ4n) is 2.02. The third kappa shape index (κ3) is 2.28. The average molecular weight is 266 g/mol. The van der Waals surface area contributed by atoms with Crippen LogP contribution in [0.3, 0.4) is 0 Å². The summed E-state index contributed by atoms with van der Waals surface area (Å²) in [5, 5.41) is 2.88. The van der Waals surface area contributed by atoms with E-state index in [1.165, 1.54) is 12.0 Å². The predicted octanol–water partition coefficient (Wildman–Crippen LogP) is 3.70. The van der Waals surface area contributed by atoms with Gasteiger partial charge in [-0.3, -0.25) is 4.79 Å². The van der Waals surface area contributed by atoms with Gasteiger partial charge in [0.2, 0.25) is 0 Å². The van der Waals surface area contributed by atoms with Crippen LogP contribution in [-0.4, -0.2) is 10.9 Å². The highest BCUT2D eigenvalue weighted by Gasteiger charge is 2.09. The first-order chi connectivity index (χ1) is 9.63. The number of carbonyl (C=O) groups is 1. The van der Waals surface area contributed by atoms with Crippen molar-refractivity contribution in [2.24, 2.45) is 0 Å². The van der Waals surface area contributed by atoms with Gasteiger partial charge in [0.1, 0.15) is 5.52 Å². The van der Waals surface area contributed by atoms with Crippen molar-refractivity contribution >= 4 is 22.7 Å². The van der Waals surface area contributed by atoms with E-state index in [2.05, 4.69) is 10.3 Å². The zero-order valence-corrected chi connectivity index (χ0v) is 11.3. The fourth-order valence-corrected chi connectivity index (χ4v) is 2.02. The van der Waals surface area contributed by atoms with Crippen LogP contribution in [0.15, 0.2) is 47.2 Å². The van der Waals surface area contributed by atoms with Crippen LogP contribution in [0, 0.1) is 13.8 Å². The molecule has 4 nitrogen and oxygen atoms in total. The zero-order chi connectivity index (χ0) is 14.1. The number of carbonyl (C=O) groups excluding carboxylic acids is 1. The third-order valence-electron chi connectivity index (χ3n) is 3.36. The highest BCUT2D eigenvalue weighted by molar-refractivity contribution is 6.05. The number of amides is 1. The molecular formula is C16H14N2O2. The SMILES string of the molecule is Cc1ccc(NC(=O)c2ccc3ncoc3c2)cc1C. The summed E-state index contributed by atoms with van der Waals surface area (Å²) in [5.74, 6) is -0.161. The average Bonchev–Trinajstić information content (AvgIpc) is 2.90. The molecule has 1 N–H and O–H groups in total. The van der Waals surface area contributed by atoms with Gasteiger partial charge in [0.25, 0.3) is 5.91 Å². The van der Waals surface area contributed by atoms with Crippen LogP contribution in [-0.2, 0) is 0 Å². The molecular weight excluding hydrogens is 252 g/mol. The first kappa shape index (κ1) is 12.4. The maximum Gasteiger partial charge on any atom is 0.255 e. The van der Waals surface area contributed by atoms with Crippen LogP contribution in [0.2, 0.25) is 0 Å². The smallest absolute Gasteiger partial charge is 0.255 e. The Hall–Kier alpha value is -2.62. The summed E-state index contributed by atoms with van der Waals surface area (Å²) in [4.78, 5) is 16.2. The molecule has 0 atom stereocenters. The van der Waals surface area contributed by atoms with Gasteiger partial charge in [-0.1, -0.05) is 6.07 Å². The molecule has 3 rings (SSSR count). The molecule has 4 heteroatoms. The minimum Gasteiger partial charge on any atom is -0.443 e. The maximum absolute atomic E-state index is 12.2. The number of anilines is 1. The lowest BCUT2D eigenvalue weighted by atomic mass is 10.1. The molecule has 0 unspecified atom stereocenters. The Morgan fingerprint density at radius 3 is 2.75 bits per heavy atom. The van der Waals surface area contributed by atoms with Crippen molar-refractivity contribution in [1.29, 1.82) is 0 Å². The van der Waals surface area contributed by atoms with Crippen LogP contribution in [0.1, 0.15) is 21.5 Å². The number of aryl methyl sites for hydroxylation is 2. The standard InChI is InChI=1S/C16H14N2O2/c1-10-3-5-13(7-11(10)2)18-16(19)12-4-6-14-15(8-12)20-9-17-14/h3-9H,1-2H3,(H,18,19). The Labute approximate surface area is 116 Å². The Morgan fingerprint density at radius 1 is 1.10 bits per heavy atom. The number of nitrogens with one attached hydrogen (secondary N) is 1. The topological polar surface area (TPSA) is 55.1 Å². The number of nitrogens with zero attached hydrogens (tertiary/aromatic N) is 1. The minimum atomic E-state index is -0.161. The van der Waals surface area contributed by atoms with Gasteiger partial charge in [0.15, 0.2) is 12.0 Å². The molecule has 0 fully saturated rings. The Kier molecular flexibility index (Phi) is 2.99. The monoisotopic (exact) mass is 266 g/mol. The highest BCUT2D eigenvalue weighted by atomic mass is 16.3. The van der Waals surface area contributed by atoms with E-state index in [1.807, 2.05) is 32.0 Å². The zero-order valence-electron chi connectivity index (χ0n) is 11.3. The molecule has 1 amide bonds. The molecule has 0 spiro atoms. The molecule has 1 heterocycles. The van der Waals surface area contributed by atoms with E-state index >= 15 is 0 Å². The van der Waals surface area contributed by atoms with E-state index in [0.717, 1.165) is 16.8 Å². The van der Waals surface area contributed by atoms with Crippen molar-refractivity contribution in [3.63, 3.8) is 0 Å². The highest BCUT2D eigenvalue weighted by Crippen LogP contribution is 2.17. The van der Waals surface area contributed by atoms with Crippen molar-refractivity contribution < 1.29 is 9.21 Å². The molecule has 2 aromatic carbocycles. The molecule has 0 aliphatic carbocycles. The number of hydrogen-bond acceptors (Lipinski definition) is 3. The summed E-state index contributed by atoms with van der Waals surface area (Å²) in [6, 6.07) is 11.0. The van der Waals surface area contributed by atoms with Crippen LogP contribution in [0.5, 0.6) is 0 Å². The lowest BCUT2D eigenvalue weighted by Gasteiger charge is -2.07. The van der Waals surface area contributed by atoms with E-state index in [4.69, 9.17) is 4.42 Å². The largest absolute Gasteiger partial charge is 0.443 e. The van der Waals surface area contributed by atoms with Gasteiger partial charge in [-0.15, -0.1) is 0 Å². The number of rotatable bonds is 2. The Morgan fingerprint density at radius 2 is 1.95 bits per heavy atom. The van der Waals surface area contributed by atoms with Crippen molar-refractivity contribution in [3.05, 3.63) is 59.5 Å². The van der Waals surface area contributed by atoms with Crippen LogP contribution >= 0.6 is 0 Å². The number of hydrogen-bond donors (Lipinski definition) is 1. The molecule has 3 aromatic rings. The van der Waals surface area contributed by atoms with Crippen LogP contribution < -0.4 is 5.32 Å². The quantitative estimate of drug-likeness (QED) is 0.769. The maximum atomic E-state index is 12.2. The van der Waals surface area contributed by atoms with Crippen molar-refractivity contribution in [2.75, 3.05) is 5.32 Å². The van der Waals surface area contributed by atoms with Crippen LogP contribution in [0.25, 0.3) is 11.1 Å². The van der Waals surface area contributed by atoms with Gasteiger partial charge < -0.3 is 9.73 Å². The number of aromatic nitrogens is 1. The molecule has 0 aliphatic rings. The van der Waals surface area contributed by atoms with Gasteiger partial charge in [-0.25, -0.2) is 4.98 Å². The Balaban J connectivity index is 1.86. The van der Waals surface area contributed by atoms with E-state index in [9.17, 15) is 4.79 Å². The van der Waals surface area contributed by atoms with E-state index in [-0.39, 0.29) is 5.91 Å². The first-order valence-electron chi connectivity index (χ1n) is 6.35. The van der Waals surface area contributed by atoms with Crippen LogP contribution in [0.4, 0.5) is 5.69 Å². The summed E-state index contributed by atoms with van der Waals surface area (Å²) in [6.07, 6.45) is 1.37. The summed E-state index contributed by atoms with van der Waals surface area (Å²) in [7, 11) is 0. The van der Waals surface area contributed by atoms with E-state index in [1.54, 1.807) is 18.2 Å². The number of benzene rings is 2. The van der Waals surface area contributed by atoms with Gasteiger partial charge in [0.05, 0.1) is 0 Å². The second kappa shape index (κ2) is 4.81. The molecule has 0 saturated heterocycles. The minimum absolute atomic E-state index is 0.161. The van der Waals surface area contributed by atoms with Crippen molar-refractivity contribution in [3.8, 4) is 0 Å². The van der Waals surface area contributed by atoms with Gasteiger partial charge in [0, 0.05) is 11.3 Å². The second-order valence-corrected chi connectivity index (χ2v) is 4.79. The molecule has 0 radical (unpaired) electrons. The molecule has 20 heavy (non-hydrogen) atoms. The summed E-state index contributed by atoms with van der Waals surface area (Å²) in [5.41, 5.74) is 5.04. The lowest BCUT2D eigenvalue weighted by molar-refractivity contribution is 0.102. The summed E-state index contributed by atoms with van der Waals surface area (Å²) in [6.45, 7) is 4.06. The summed E-state index contributed by atoms with van der Waals surface area (Å²) < 4.78 is 5.20. The number of oxazole rings is 1. The third-order valence-corrected chi connectivity index (χ3v) is 3.36. The first-order valence-corrected chi connectivity index (χ1v) is 6.35. The van der Waals surface area contributed by atoms with E-state index in [0.29, 0.717) is 11.1 Å². The van der Waals surface area contributed by atoms with E-state index < -0.39 is 0 Å². The normalized spacial score (nSPS) is 10.7. The van der Waals surface area contributed by atoms with Gasteiger partial charge in [-0.2, -0.15) is 0 Å². The lowest BCUT2D eigenvalue weighted by Crippen LogP contribution is -2.11. The second-order valence-electron chi connectivity index (χ2n) is 4.79. The summed E-state index contributed by atoms with van der Waals surface area (Å²) >= 11 is 0. The molecule has 1 aromatic heterocycles. The van der Waals surface area contributed by atoms with Crippen molar-refractivity contribution in [1.82, 2.24) is 4.98 Å². The molecule has 0 aliphatic heterocycles.